The van der Waals surface area contributed by atoms with Crippen LogP contribution in [-0.4, -0.2) is 42.1 Å². The predicted octanol–water partition coefficient (Wildman–Crippen LogP) is 3.71. The zero-order valence-corrected chi connectivity index (χ0v) is 15.9. The average Bonchev–Trinajstić information content (AvgIpc) is 3.13. The molecule has 1 aromatic carbocycles. The fourth-order valence-corrected chi connectivity index (χ4v) is 3.21. The van der Waals surface area contributed by atoms with Crippen LogP contribution < -0.4 is 9.47 Å². The van der Waals surface area contributed by atoms with E-state index in [1.165, 1.54) is 0 Å². The van der Waals surface area contributed by atoms with E-state index in [-0.39, 0.29) is 18.7 Å². The summed E-state index contributed by atoms with van der Waals surface area (Å²) in [4.78, 5) is 16.9. The van der Waals surface area contributed by atoms with Crippen LogP contribution in [-0.2, 0) is 11.2 Å². The zero-order valence-electron chi connectivity index (χ0n) is 15.9. The number of likely N-dealkylation sites (N-methyl/N-ethyl adjacent to an activating group) is 1. The number of amides is 1. The van der Waals surface area contributed by atoms with E-state index in [2.05, 4.69) is 31.0 Å². The molecule has 140 valence electrons. The molecule has 2 aliphatic heterocycles. The Bertz CT molecular complexity index is 711. The molecule has 1 unspecified atom stereocenters. The summed E-state index contributed by atoms with van der Waals surface area (Å²) in [5, 5.41) is 0. The molecule has 5 nitrogen and oxygen atoms in total. The van der Waals surface area contributed by atoms with Crippen molar-refractivity contribution in [2.75, 3.05) is 20.4 Å². The standard InChI is InChI=1S/C21H28N2O3/c1-4-5-10-23-11-6-7-18(14-23)21(24)22(3)16(2)12-17-8-9-19-20(13-17)26-15-25-19/h6,8-9,11,13-14,16H,4-5,7,10,12,15H2,1-3H3. The number of nitrogens with zero attached hydrogens (tertiary/aromatic N) is 2. The average molecular weight is 356 g/mol. The van der Waals surface area contributed by atoms with Gasteiger partial charge in [0.25, 0.3) is 5.91 Å². The smallest absolute Gasteiger partial charge is 0.251 e. The maximum Gasteiger partial charge on any atom is 0.251 e. The number of hydrogen-bond acceptors (Lipinski definition) is 4. The highest BCUT2D eigenvalue weighted by molar-refractivity contribution is 5.93. The highest BCUT2D eigenvalue weighted by atomic mass is 16.7. The lowest BCUT2D eigenvalue weighted by atomic mass is 10.0. The summed E-state index contributed by atoms with van der Waals surface area (Å²) in [6.45, 7) is 5.49. The first-order chi connectivity index (χ1) is 12.6. The summed E-state index contributed by atoms with van der Waals surface area (Å²) in [6, 6.07) is 6.08. The number of rotatable bonds is 7. The Morgan fingerprint density at radius 2 is 2.12 bits per heavy atom. The molecule has 0 spiro atoms. The van der Waals surface area contributed by atoms with Crippen molar-refractivity contribution in [3.8, 4) is 11.5 Å². The summed E-state index contributed by atoms with van der Waals surface area (Å²) >= 11 is 0. The van der Waals surface area contributed by atoms with E-state index in [0.717, 1.165) is 48.4 Å². The van der Waals surface area contributed by atoms with Crippen molar-refractivity contribution in [3.63, 3.8) is 0 Å². The molecule has 3 rings (SSSR count). The van der Waals surface area contributed by atoms with Gasteiger partial charge >= 0.3 is 0 Å². The fraction of sp³-hybridized carbons (Fsp3) is 0.476. The number of benzene rings is 1. The molecule has 0 bridgehead atoms. The van der Waals surface area contributed by atoms with Gasteiger partial charge in [-0.1, -0.05) is 25.5 Å². The second-order valence-electron chi connectivity index (χ2n) is 6.99. The van der Waals surface area contributed by atoms with Crippen molar-refractivity contribution in [2.24, 2.45) is 0 Å². The minimum atomic E-state index is 0.0961. The topological polar surface area (TPSA) is 42.0 Å². The van der Waals surface area contributed by atoms with Crippen LogP contribution >= 0.6 is 0 Å². The Kier molecular flexibility index (Phi) is 5.86. The maximum atomic E-state index is 12.9. The minimum absolute atomic E-state index is 0.0961. The molecule has 5 heteroatoms. The molecule has 2 aliphatic rings. The molecular weight excluding hydrogens is 328 g/mol. The first-order valence-electron chi connectivity index (χ1n) is 9.37. The number of unbranched alkanes of at least 4 members (excludes halogenated alkanes) is 1. The van der Waals surface area contributed by atoms with Crippen molar-refractivity contribution < 1.29 is 14.3 Å². The van der Waals surface area contributed by atoms with Crippen LogP contribution in [0.15, 0.2) is 42.2 Å². The number of carbonyl (C=O) groups is 1. The summed E-state index contributed by atoms with van der Waals surface area (Å²) < 4.78 is 10.8. The van der Waals surface area contributed by atoms with Gasteiger partial charge in [0.2, 0.25) is 6.79 Å². The molecular formula is C21H28N2O3. The molecule has 0 aliphatic carbocycles. The van der Waals surface area contributed by atoms with Crippen LogP contribution in [0.2, 0.25) is 0 Å². The number of hydrogen-bond donors (Lipinski definition) is 0. The Labute approximate surface area is 155 Å². The number of allylic oxidation sites excluding steroid dienone is 1. The van der Waals surface area contributed by atoms with Gasteiger partial charge in [-0.05, 0) is 50.1 Å². The number of ether oxygens (including phenoxy) is 2. The first kappa shape index (κ1) is 18.4. The van der Waals surface area contributed by atoms with E-state index in [1.807, 2.05) is 36.3 Å². The second kappa shape index (κ2) is 8.30. The predicted molar refractivity (Wildman–Crippen MR) is 102 cm³/mol. The van der Waals surface area contributed by atoms with Crippen LogP contribution in [0.4, 0.5) is 0 Å². The van der Waals surface area contributed by atoms with E-state index in [0.29, 0.717) is 6.42 Å². The summed E-state index contributed by atoms with van der Waals surface area (Å²) in [6.07, 6.45) is 9.89. The molecule has 0 N–H and O–H groups in total. The van der Waals surface area contributed by atoms with Crippen LogP contribution in [0.1, 0.15) is 38.7 Å². The third-order valence-corrected chi connectivity index (χ3v) is 4.95. The lowest BCUT2D eigenvalue weighted by molar-refractivity contribution is -0.127. The molecule has 0 fully saturated rings. The quantitative estimate of drug-likeness (QED) is 0.747. The van der Waals surface area contributed by atoms with Crippen LogP contribution in [0, 0.1) is 0 Å². The lowest BCUT2D eigenvalue weighted by Gasteiger charge is -2.28. The van der Waals surface area contributed by atoms with Gasteiger partial charge in [0.15, 0.2) is 11.5 Å². The van der Waals surface area contributed by atoms with Gasteiger partial charge < -0.3 is 19.3 Å². The van der Waals surface area contributed by atoms with E-state index in [1.54, 1.807) is 0 Å². The number of fused-ring (bicyclic) bond motifs is 1. The first-order valence-corrected chi connectivity index (χ1v) is 9.37. The third kappa shape index (κ3) is 4.21. The summed E-state index contributed by atoms with van der Waals surface area (Å²) in [7, 11) is 1.88. The molecule has 26 heavy (non-hydrogen) atoms. The van der Waals surface area contributed by atoms with Crippen LogP contribution in [0.25, 0.3) is 0 Å². The van der Waals surface area contributed by atoms with Gasteiger partial charge in [-0.2, -0.15) is 0 Å². The molecule has 0 saturated carbocycles. The minimum Gasteiger partial charge on any atom is -0.454 e. The van der Waals surface area contributed by atoms with Gasteiger partial charge in [0.05, 0.1) is 0 Å². The highest BCUT2D eigenvalue weighted by Gasteiger charge is 2.22. The Morgan fingerprint density at radius 1 is 1.31 bits per heavy atom. The Morgan fingerprint density at radius 3 is 2.92 bits per heavy atom. The van der Waals surface area contributed by atoms with Gasteiger partial charge in [0, 0.05) is 31.4 Å². The monoisotopic (exact) mass is 356 g/mol. The molecule has 0 saturated heterocycles. The molecule has 0 radical (unpaired) electrons. The van der Waals surface area contributed by atoms with Gasteiger partial charge in [-0.3, -0.25) is 4.79 Å². The zero-order chi connectivity index (χ0) is 18.5. The Balaban J connectivity index is 1.61. The van der Waals surface area contributed by atoms with E-state index < -0.39 is 0 Å². The molecule has 1 amide bonds. The molecule has 0 aromatic heterocycles. The SMILES string of the molecule is CCCCN1C=CCC(C(=O)N(C)C(C)Cc2ccc3c(c2)OCO3)=C1. The van der Waals surface area contributed by atoms with E-state index in [9.17, 15) is 4.79 Å². The molecule has 1 aromatic rings. The van der Waals surface area contributed by atoms with Crippen molar-refractivity contribution in [1.29, 1.82) is 0 Å². The van der Waals surface area contributed by atoms with Crippen molar-refractivity contribution in [2.45, 2.75) is 45.6 Å². The summed E-state index contributed by atoms with van der Waals surface area (Å²) in [5.74, 6) is 1.68. The maximum absolute atomic E-state index is 12.9. The van der Waals surface area contributed by atoms with Crippen LogP contribution in [0.3, 0.4) is 0 Å². The van der Waals surface area contributed by atoms with Gasteiger partial charge in [-0.15, -0.1) is 0 Å². The Hall–Kier alpha value is -2.43. The highest BCUT2D eigenvalue weighted by Crippen LogP contribution is 2.33. The van der Waals surface area contributed by atoms with Crippen LogP contribution in [0.5, 0.6) is 11.5 Å². The van der Waals surface area contributed by atoms with E-state index in [4.69, 9.17) is 9.47 Å². The number of carbonyl (C=O) groups excluding carboxylic acids is 1. The largest absolute Gasteiger partial charge is 0.454 e. The van der Waals surface area contributed by atoms with Gasteiger partial charge in [0.1, 0.15) is 0 Å². The van der Waals surface area contributed by atoms with Crippen molar-refractivity contribution in [3.05, 3.63) is 47.8 Å². The van der Waals surface area contributed by atoms with Crippen molar-refractivity contribution >= 4 is 5.91 Å². The van der Waals surface area contributed by atoms with Gasteiger partial charge in [-0.25, -0.2) is 0 Å². The normalized spacial score (nSPS) is 16.4. The fourth-order valence-electron chi connectivity index (χ4n) is 3.21. The molecule has 2 heterocycles. The van der Waals surface area contributed by atoms with Crippen molar-refractivity contribution in [1.82, 2.24) is 9.80 Å². The molecule has 1 atom stereocenters. The summed E-state index contributed by atoms with van der Waals surface area (Å²) in [5.41, 5.74) is 1.99. The van der Waals surface area contributed by atoms with E-state index >= 15 is 0 Å². The second-order valence-corrected chi connectivity index (χ2v) is 6.99. The lowest BCUT2D eigenvalue weighted by Crippen LogP contribution is -2.38. The third-order valence-electron chi connectivity index (χ3n) is 4.95.